The summed E-state index contributed by atoms with van der Waals surface area (Å²) in [5, 5.41) is 3.53. The fourth-order valence-corrected chi connectivity index (χ4v) is 3.37. The summed E-state index contributed by atoms with van der Waals surface area (Å²) in [4.78, 5) is 18.6. The molecule has 1 aliphatic heterocycles. The summed E-state index contributed by atoms with van der Waals surface area (Å²) in [5.74, 6) is 0.0314. The van der Waals surface area contributed by atoms with Crippen LogP contribution in [0.4, 0.5) is 10.8 Å². The number of nitrogen functional groups attached to an aromatic ring is 1. The average molecular weight is 290 g/mol. The second-order valence-corrected chi connectivity index (χ2v) is 6.12. The summed E-state index contributed by atoms with van der Waals surface area (Å²) < 4.78 is 1.000. The van der Waals surface area contributed by atoms with Crippen molar-refractivity contribution in [2.75, 3.05) is 30.7 Å². The van der Waals surface area contributed by atoms with Gasteiger partial charge in [0.05, 0.1) is 10.2 Å². The molecule has 3 rings (SSSR count). The third-order valence-electron chi connectivity index (χ3n) is 3.51. The SMILES string of the molecule is Nc1ccc2nc(NC(=O)CCN3CCCC3)sc2c1. The minimum absolute atomic E-state index is 0.0314. The Kier molecular flexibility index (Phi) is 3.84. The summed E-state index contributed by atoms with van der Waals surface area (Å²) >= 11 is 1.46. The van der Waals surface area contributed by atoms with E-state index < -0.39 is 0 Å². The summed E-state index contributed by atoms with van der Waals surface area (Å²) in [6.07, 6.45) is 3.03. The molecule has 5 nitrogen and oxygen atoms in total. The highest BCUT2D eigenvalue weighted by molar-refractivity contribution is 7.22. The van der Waals surface area contributed by atoms with Crippen LogP contribution in [0.3, 0.4) is 0 Å². The Balaban J connectivity index is 1.59. The predicted octanol–water partition coefficient (Wildman–Crippen LogP) is 2.30. The quantitative estimate of drug-likeness (QED) is 0.848. The molecule has 0 spiro atoms. The summed E-state index contributed by atoms with van der Waals surface area (Å²) in [6, 6.07) is 5.58. The van der Waals surface area contributed by atoms with Crippen molar-refractivity contribution in [2.24, 2.45) is 0 Å². The predicted molar refractivity (Wildman–Crippen MR) is 83.0 cm³/mol. The van der Waals surface area contributed by atoms with E-state index in [2.05, 4.69) is 15.2 Å². The zero-order valence-corrected chi connectivity index (χ0v) is 12.1. The lowest BCUT2D eigenvalue weighted by Crippen LogP contribution is -2.24. The molecular weight excluding hydrogens is 272 g/mol. The molecule has 2 aromatic rings. The van der Waals surface area contributed by atoms with E-state index in [1.54, 1.807) is 0 Å². The minimum atomic E-state index is 0.0314. The van der Waals surface area contributed by atoms with Gasteiger partial charge in [-0.15, -0.1) is 0 Å². The molecule has 2 heterocycles. The van der Waals surface area contributed by atoms with Gasteiger partial charge in [0, 0.05) is 18.7 Å². The zero-order valence-electron chi connectivity index (χ0n) is 11.3. The largest absolute Gasteiger partial charge is 0.399 e. The van der Waals surface area contributed by atoms with Crippen LogP contribution >= 0.6 is 11.3 Å². The van der Waals surface area contributed by atoms with E-state index >= 15 is 0 Å². The first-order chi connectivity index (χ1) is 9.70. The number of nitrogens with one attached hydrogen (secondary N) is 1. The number of hydrogen-bond acceptors (Lipinski definition) is 5. The molecule has 1 fully saturated rings. The van der Waals surface area contributed by atoms with E-state index in [4.69, 9.17) is 5.73 Å². The van der Waals surface area contributed by atoms with Crippen LogP contribution < -0.4 is 11.1 Å². The van der Waals surface area contributed by atoms with Crippen LogP contribution in [0.2, 0.25) is 0 Å². The highest BCUT2D eigenvalue weighted by atomic mass is 32.1. The molecule has 1 amide bonds. The molecule has 1 aromatic carbocycles. The van der Waals surface area contributed by atoms with Crippen LogP contribution in [0.1, 0.15) is 19.3 Å². The number of benzene rings is 1. The molecular formula is C14H18N4OS. The standard InChI is InChI=1S/C14H18N4OS/c15-10-3-4-11-12(9-10)20-14(16-11)17-13(19)5-8-18-6-1-2-7-18/h3-4,9H,1-2,5-8,15H2,(H,16,17,19). The normalized spacial score (nSPS) is 15.8. The summed E-state index contributed by atoms with van der Waals surface area (Å²) in [5.41, 5.74) is 7.33. The van der Waals surface area contributed by atoms with Crippen molar-refractivity contribution >= 4 is 38.3 Å². The molecule has 6 heteroatoms. The number of carbonyl (C=O) groups excluding carboxylic acids is 1. The van der Waals surface area contributed by atoms with Crippen LogP contribution in [0.15, 0.2) is 18.2 Å². The van der Waals surface area contributed by atoms with Gasteiger partial charge in [-0.1, -0.05) is 11.3 Å². The maximum absolute atomic E-state index is 11.9. The smallest absolute Gasteiger partial charge is 0.227 e. The fourth-order valence-electron chi connectivity index (χ4n) is 2.44. The number of aromatic nitrogens is 1. The molecule has 0 radical (unpaired) electrons. The van der Waals surface area contributed by atoms with Gasteiger partial charge in [-0.05, 0) is 44.1 Å². The number of hydrogen-bond donors (Lipinski definition) is 2. The highest BCUT2D eigenvalue weighted by Gasteiger charge is 2.13. The number of nitrogens with zero attached hydrogens (tertiary/aromatic N) is 2. The van der Waals surface area contributed by atoms with Gasteiger partial charge in [0.25, 0.3) is 0 Å². The zero-order chi connectivity index (χ0) is 13.9. The van der Waals surface area contributed by atoms with Gasteiger partial charge in [-0.2, -0.15) is 0 Å². The van der Waals surface area contributed by atoms with Crippen molar-refractivity contribution in [3.63, 3.8) is 0 Å². The van der Waals surface area contributed by atoms with Gasteiger partial charge in [-0.3, -0.25) is 4.79 Å². The van der Waals surface area contributed by atoms with Crippen LogP contribution in [0.5, 0.6) is 0 Å². The molecule has 0 unspecified atom stereocenters. The van der Waals surface area contributed by atoms with Crippen molar-refractivity contribution in [3.8, 4) is 0 Å². The molecule has 1 aliphatic rings. The lowest BCUT2D eigenvalue weighted by atomic mass is 10.3. The van der Waals surface area contributed by atoms with Gasteiger partial charge in [0.2, 0.25) is 5.91 Å². The second-order valence-electron chi connectivity index (χ2n) is 5.09. The van der Waals surface area contributed by atoms with E-state index in [0.717, 1.165) is 29.9 Å². The van der Waals surface area contributed by atoms with Crippen molar-refractivity contribution in [1.29, 1.82) is 0 Å². The summed E-state index contributed by atoms with van der Waals surface area (Å²) in [6.45, 7) is 3.07. The first kappa shape index (κ1) is 13.3. The van der Waals surface area contributed by atoms with E-state index in [-0.39, 0.29) is 5.91 Å². The lowest BCUT2D eigenvalue weighted by molar-refractivity contribution is -0.116. The van der Waals surface area contributed by atoms with Gasteiger partial charge in [0.1, 0.15) is 0 Å². The molecule has 106 valence electrons. The monoisotopic (exact) mass is 290 g/mol. The van der Waals surface area contributed by atoms with Crippen LogP contribution in [0, 0.1) is 0 Å². The first-order valence-corrected chi connectivity index (χ1v) is 7.71. The number of nitrogens with two attached hydrogens (primary N) is 1. The van der Waals surface area contributed by atoms with E-state index in [1.165, 1.54) is 24.2 Å². The molecule has 0 saturated carbocycles. The number of fused-ring (bicyclic) bond motifs is 1. The lowest BCUT2D eigenvalue weighted by Gasteiger charge is -2.13. The Morgan fingerprint density at radius 1 is 1.40 bits per heavy atom. The van der Waals surface area contributed by atoms with E-state index in [9.17, 15) is 4.79 Å². The molecule has 3 N–H and O–H groups in total. The van der Waals surface area contributed by atoms with E-state index in [0.29, 0.717) is 17.2 Å². The molecule has 1 saturated heterocycles. The average Bonchev–Trinajstić information content (AvgIpc) is 3.04. The minimum Gasteiger partial charge on any atom is -0.399 e. The van der Waals surface area contributed by atoms with Gasteiger partial charge in [0.15, 0.2) is 5.13 Å². The maximum atomic E-state index is 11.9. The molecule has 0 atom stereocenters. The highest BCUT2D eigenvalue weighted by Crippen LogP contribution is 2.27. The summed E-state index contributed by atoms with van der Waals surface area (Å²) in [7, 11) is 0. The Labute approximate surface area is 121 Å². The van der Waals surface area contributed by atoms with Gasteiger partial charge >= 0.3 is 0 Å². The van der Waals surface area contributed by atoms with E-state index in [1.807, 2.05) is 18.2 Å². The van der Waals surface area contributed by atoms with Crippen LogP contribution in [0.25, 0.3) is 10.2 Å². The third kappa shape index (κ3) is 3.08. The number of amides is 1. The number of thiazole rings is 1. The second kappa shape index (κ2) is 5.76. The van der Waals surface area contributed by atoms with Crippen LogP contribution in [-0.2, 0) is 4.79 Å². The van der Waals surface area contributed by atoms with Crippen LogP contribution in [-0.4, -0.2) is 35.4 Å². The van der Waals surface area contributed by atoms with Gasteiger partial charge in [-0.25, -0.2) is 4.98 Å². The van der Waals surface area contributed by atoms with Crippen molar-refractivity contribution < 1.29 is 4.79 Å². The number of anilines is 2. The van der Waals surface area contributed by atoms with Gasteiger partial charge < -0.3 is 16.0 Å². The third-order valence-corrected chi connectivity index (χ3v) is 4.45. The molecule has 20 heavy (non-hydrogen) atoms. The number of rotatable bonds is 4. The Hall–Kier alpha value is -1.66. The molecule has 0 aliphatic carbocycles. The Bertz CT molecular complexity index is 619. The maximum Gasteiger partial charge on any atom is 0.227 e. The molecule has 0 bridgehead atoms. The van der Waals surface area contributed by atoms with Crippen molar-refractivity contribution in [2.45, 2.75) is 19.3 Å². The number of carbonyl (C=O) groups is 1. The fraction of sp³-hybridized carbons (Fsp3) is 0.429. The Morgan fingerprint density at radius 2 is 2.20 bits per heavy atom. The Morgan fingerprint density at radius 3 is 3.00 bits per heavy atom. The number of likely N-dealkylation sites (tertiary alicyclic amines) is 1. The topological polar surface area (TPSA) is 71.2 Å². The van der Waals surface area contributed by atoms with Crippen molar-refractivity contribution in [3.05, 3.63) is 18.2 Å². The molecule has 1 aromatic heterocycles. The van der Waals surface area contributed by atoms with Crippen molar-refractivity contribution in [1.82, 2.24) is 9.88 Å². The first-order valence-electron chi connectivity index (χ1n) is 6.89.